The second kappa shape index (κ2) is 10.4. The number of ether oxygens (including phenoxy) is 3. The summed E-state index contributed by atoms with van der Waals surface area (Å²) in [6, 6.07) is 0. The standard InChI is InChI=1S/C11H23O4/c1-4-7-9-14-11(13-6-3)15-10(12)8-5-2/h10-11H,4-9H2,1-3H3. The molecule has 2 unspecified atom stereocenters. The lowest BCUT2D eigenvalue weighted by Gasteiger charge is -2.20. The lowest BCUT2D eigenvalue weighted by atomic mass is 10.3. The summed E-state index contributed by atoms with van der Waals surface area (Å²) < 4.78 is 15.5. The van der Waals surface area contributed by atoms with Gasteiger partial charge in [-0.2, -0.15) is 0 Å². The molecule has 0 heterocycles. The normalized spacial score (nSPS) is 15.2. The Kier molecular flexibility index (Phi) is 10.3. The van der Waals surface area contributed by atoms with E-state index in [4.69, 9.17) is 14.2 Å². The van der Waals surface area contributed by atoms with Crippen LogP contribution in [0.1, 0.15) is 46.5 Å². The molecule has 0 fully saturated rings. The predicted molar refractivity (Wildman–Crippen MR) is 56.7 cm³/mol. The Morgan fingerprint density at radius 3 is 2.33 bits per heavy atom. The minimum Gasteiger partial charge on any atom is -0.330 e. The molecule has 2 atom stereocenters. The van der Waals surface area contributed by atoms with E-state index in [1.54, 1.807) is 0 Å². The molecule has 4 nitrogen and oxygen atoms in total. The van der Waals surface area contributed by atoms with Crippen molar-refractivity contribution >= 4 is 0 Å². The van der Waals surface area contributed by atoms with Crippen molar-refractivity contribution in [3.05, 3.63) is 0 Å². The molecule has 0 aliphatic heterocycles. The minimum absolute atomic E-state index is 0.482. The van der Waals surface area contributed by atoms with E-state index in [1.807, 2.05) is 13.8 Å². The maximum atomic E-state index is 11.3. The van der Waals surface area contributed by atoms with Crippen molar-refractivity contribution in [3.63, 3.8) is 0 Å². The zero-order valence-corrected chi connectivity index (χ0v) is 10.0. The van der Waals surface area contributed by atoms with Crippen LogP contribution in [0.2, 0.25) is 0 Å². The van der Waals surface area contributed by atoms with Gasteiger partial charge in [0.1, 0.15) is 0 Å². The molecule has 0 aromatic carbocycles. The van der Waals surface area contributed by atoms with E-state index in [9.17, 15) is 5.11 Å². The summed E-state index contributed by atoms with van der Waals surface area (Å²) in [7, 11) is 0. The van der Waals surface area contributed by atoms with E-state index in [0.29, 0.717) is 19.6 Å². The van der Waals surface area contributed by atoms with Crippen molar-refractivity contribution < 1.29 is 19.3 Å². The highest BCUT2D eigenvalue weighted by atomic mass is 16.9. The van der Waals surface area contributed by atoms with Crippen molar-refractivity contribution in [1.29, 1.82) is 0 Å². The molecule has 0 aliphatic carbocycles. The van der Waals surface area contributed by atoms with Gasteiger partial charge in [0.25, 0.3) is 6.48 Å². The van der Waals surface area contributed by atoms with Gasteiger partial charge >= 0.3 is 0 Å². The van der Waals surface area contributed by atoms with E-state index in [2.05, 4.69) is 6.92 Å². The van der Waals surface area contributed by atoms with Gasteiger partial charge in [-0.05, 0) is 13.3 Å². The second-order valence-corrected chi connectivity index (χ2v) is 3.32. The van der Waals surface area contributed by atoms with Crippen LogP contribution < -0.4 is 0 Å². The summed E-state index contributed by atoms with van der Waals surface area (Å²) in [5.41, 5.74) is 0. The van der Waals surface area contributed by atoms with Gasteiger partial charge in [0, 0.05) is 13.0 Å². The van der Waals surface area contributed by atoms with Crippen LogP contribution in [0.4, 0.5) is 0 Å². The van der Waals surface area contributed by atoms with Crippen LogP contribution in [0.5, 0.6) is 0 Å². The molecule has 0 spiro atoms. The highest BCUT2D eigenvalue weighted by Gasteiger charge is 2.15. The molecule has 0 N–H and O–H groups in total. The Labute approximate surface area is 92.5 Å². The van der Waals surface area contributed by atoms with E-state index < -0.39 is 12.8 Å². The van der Waals surface area contributed by atoms with Gasteiger partial charge in [-0.25, -0.2) is 5.11 Å². The summed E-state index contributed by atoms with van der Waals surface area (Å²) in [6.45, 7) is 6.12. The zero-order valence-electron chi connectivity index (χ0n) is 10.0. The summed E-state index contributed by atoms with van der Waals surface area (Å²) in [6.07, 6.45) is 2.25. The van der Waals surface area contributed by atoms with Gasteiger partial charge in [-0.15, -0.1) is 0 Å². The lowest BCUT2D eigenvalue weighted by Crippen LogP contribution is -2.27. The zero-order chi connectivity index (χ0) is 11.5. The molecule has 0 bridgehead atoms. The van der Waals surface area contributed by atoms with Crippen molar-refractivity contribution in [2.75, 3.05) is 13.2 Å². The average Bonchev–Trinajstić information content (AvgIpc) is 2.18. The van der Waals surface area contributed by atoms with Crippen molar-refractivity contribution in [2.24, 2.45) is 0 Å². The molecule has 0 saturated heterocycles. The van der Waals surface area contributed by atoms with Gasteiger partial charge < -0.3 is 9.47 Å². The number of rotatable bonds is 10. The van der Waals surface area contributed by atoms with Gasteiger partial charge in [0.2, 0.25) is 0 Å². The molecule has 4 heteroatoms. The van der Waals surface area contributed by atoms with Gasteiger partial charge in [0.05, 0.1) is 6.61 Å². The third-order valence-corrected chi connectivity index (χ3v) is 1.84. The summed E-state index contributed by atoms with van der Waals surface area (Å²) in [4.78, 5) is 0. The van der Waals surface area contributed by atoms with Crippen LogP contribution in [0, 0.1) is 0 Å². The largest absolute Gasteiger partial charge is 0.330 e. The SMILES string of the molecule is CCCCOC(OCC)OC([O])CCC. The highest BCUT2D eigenvalue weighted by Crippen LogP contribution is 2.07. The average molecular weight is 219 g/mol. The fourth-order valence-corrected chi connectivity index (χ4v) is 1.01. The van der Waals surface area contributed by atoms with Crippen LogP contribution in [0.3, 0.4) is 0 Å². The van der Waals surface area contributed by atoms with Crippen LogP contribution in [-0.4, -0.2) is 26.0 Å². The first kappa shape index (κ1) is 14.8. The maximum absolute atomic E-state index is 11.3. The van der Waals surface area contributed by atoms with Gasteiger partial charge in [-0.3, -0.25) is 4.74 Å². The molecular weight excluding hydrogens is 196 g/mol. The molecule has 0 aromatic rings. The molecule has 91 valence electrons. The first-order valence-electron chi connectivity index (χ1n) is 5.79. The van der Waals surface area contributed by atoms with Gasteiger partial charge in [-0.1, -0.05) is 26.7 Å². The van der Waals surface area contributed by atoms with Crippen molar-refractivity contribution in [3.8, 4) is 0 Å². The van der Waals surface area contributed by atoms with Crippen LogP contribution >= 0.6 is 0 Å². The Morgan fingerprint density at radius 2 is 1.80 bits per heavy atom. The maximum Gasteiger partial charge on any atom is 0.273 e. The Bertz CT molecular complexity index is 130. The molecule has 0 saturated carbocycles. The third kappa shape index (κ3) is 8.81. The van der Waals surface area contributed by atoms with E-state index >= 15 is 0 Å². The summed E-state index contributed by atoms with van der Waals surface area (Å²) in [5, 5.41) is 11.3. The fraction of sp³-hybridized carbons (Fsp3) is 1.00. The smallest absolute Gasteiger partial charge is 0.273 e. The first-order valence-corrected chi connectivity index (χ1v) is 5.79. The van der Waals surface area contributed by atoms with Crippen molar-refractivity contribution in [2.45, 2.75) is 59.2 Å². The monoisotopic (exact) mass is 219 g/mol. The fourth-order valence-electron chi connectivity index (χ4n) is 1.01. The molecule has 0 amide bonds. The topological polar surface area (TPSA) is 47.6 Å². The lowest BCUT2D eigenvalue weighted by molar-refractivity contribution is -0.343. The molecular formula is C11H23O4. The quantitative estimate of drug-likeness (QED) is 0.419. The minimum atomic E-state index is -1.05. The highest BCUT2D eigenvalue weighted by molar-refractivity contribution is 4.40. The Balaban J connectivity index is 3.70. The molecule has 15 heavy (non-hydrogen) atoms. The van der Waals surface area contributed by atoms with Gasteiger partial charge in [0.15, 0.2) is 6.29 Å². The molecule has 1 radical (unpaired) electrons. The van der Waals surface area contributed by atoms with E-state index in [0.717, 1.165) is 19.3 Å². The van der Waals surface area contributed by atoms with Crippen LogP contribution in [0.15, 0.2) is 0 Å². The number of hydrogen-bond acceptors (Lipinski definition) is 3. The summed E-state index contributed by atoms with van der Waals surface area (Å²) >= 11 is 0. The van der Waals surface area contributed by atoms with E-state index in [1.165, 1.54) is 0 Å². The first-order chi connectivity index (χ1) is 7.24. The molecule has 0 aromatic heterocycles. The third-order valence-electron chi connectivity index (χ3n) is 1.84. The van der Waals surface area contributed by atoms with Crippen molar-refractivity contribution in [1.82, 2.24) is 0 Å². The second-order valence-electron chi connectivity index (χ2n) is 3.32. The van der Waals surface area contributed by atoms with Crippen LogP contribution in [-0.2, 0) is 19.3 Å². The number of hydrogen-bond donors (Lipinski definition) is 0. The summed E-state index contributed by atoms with van der Waals surface area (Å²) in [5.74, 6) is 0. The number of unbranched alkanes of at least 4 members (excludes halogenated alkanes) is 1. The Morgan fingerprint density at radius 1 is 1.07 bits per heavy atom. The van der Waals surface area contributed by atoms with E-state index in [-0.39, 0.29) is 0 Å². The predicted octanol–water partition coefficient (Wildman–Crippen LogP) is 2.70. The Hall–Kier alpha value is -0.160. The van der Waals surface area contributed by atoms with Crippen LogP contribution in [0.25, 0.3) is 0 Å². The molecule has 0 aliphatic rings. The molecule has 0 rings (SSSR count).